The van der Waals surface area contributed by atoms with Crippen molar-refractivity contribution in [1.82, 2.24) is 14.1 Å². The van der Waals surface area contributed by atoms with Crippen molar-refractivity contribution in [1.29, 1.82) is 0 Å². The summed E-state index contributed by atoms with van der Waals surface area (Å²) in [5.41, 5.74) is 0. The number of hydrogen-bond donors (Lipinski definition) is 0. The van der Waals surface area contributed by atoms with E-state index in [2.05, 4.69) is 0 Å². The number of carbonyl (C=O) groups excluding carboxylic acids is 2. The van der Waals surface area contributed by atoms with Crippen molar-refractivity contribution in [2.75, 3.05) is 45.9 Å². The number of fused-ring (bicyclic) bond motifs is 1. The summed E-state index contributed by atoms with van der Waals surface area (Å²) in [5.74, 6) is -0.312. The third kappa shape index (κ3) is 3.60. The van der Waals surface area contributed by atoms with E-state index in [0.717, 1.165) is 15.7 Å². The number of benzene rings is 2. The average Bonchev–Trinajstić information content (AvgIpc) is 3.14. The fraction of sp³-hybridized carbons (Fsp3) is 0.368. The molecule has 2 aromatic carbocycles. The number of nitrogens with zero attached hydrogens (tertiary/aromatic N) is 3. The summed E-state index contributed by atoms with van der Waals surface area (Å²) in [6, 6.07) is 12.8. The van der Waals surface area contributed by atoms with Crippen molar-refractivity contribution in [3.63, 3.8) is 0 Å². The second kappa shape index (κ2) is 7.50. The molecule has 2 aliphatic heterocycles. The maximum Gasteiger partial charge on any atom is 0.416 e. The van der Waals surface area contributed by atoms with Gasteiger partial charge in [0.05, 0.1) is 18.0 Å². The highest BCUT2D eigenvalue weighted by Crippen LogP contribution is 2.23. The lowest BCUT2D eigenvalue weighted by atomic mass is 10.1. The molecule has 8 nitrogen and oxygen atoms in total. The fourth-order valence-electron chi connectivity index (χ4n) is 3.50. The maximum absolute atomic E-state index is 13.0. The first-order chi connectivity index (χ1) is 13.4. The van der Waals surface area contributed by atoms with Crippen molar-refractivity contribution in [2.45, 2.75) is 4.90 Å². The van der Waals surface area contributed by atoms with E-state index >= 15 is 0 Å². The van der Waals surface area contributed by atoms with E-state index in [4.69, 9.17) is 4.74 Å². The van der Waals surface area contributed by atoms with Crippen LogP contribution in [0.5, 0.6) is 0 Å². The molecule has 0 spiro atoms. The van der Waals surface area contributed by atoms with Crippen LogP contribution in [0.15, 0.2) is 47.4 Å². The smallest absolute Gasteiger partial charge is 0.416 e. The van der Waals surface area contributed by atoms with Crippen LogP contribution in [0.4, 0.5) is 4.79 Å². The Hall–Kier alpha value is -2.49. The zero-order chi connectivity index (χ0) is 19.7. The van der Waals surface area contributed by atoms with Gasteiger partial charge in [-0.05, 0) is 22.9 Å². The molecule has 4 rings (SSSR count). The monoisotopic (exact) mass is 403 g/mol. The number of carbonyl (C=O) groups is 2. The summed E-state index contributed by atoms with van der Waals surface area (Å²) in [4.78, 5) is 26.9. The SMILES string of the molecule is O=C(CN1CCN(S(=O)(=O)c2ccc3ccccc3c2)CC1)N1CCOC1=O. The molecular weight excluding hydrogens is 382 g/mol. The molecule has 2 aromatic rings. The van der Waals surface area contributed by atoms with Crippen LogP contribution in [-0.2, 0) is 19.6 Å². The molecule has 2 aliphatic rings. The quantitative estimate of drug-likeness (QED) is 0.761. The van der Waals surface area contributed by atoms with Crippen molar-refractivity contribution >= 4 is 32.8 Å². The molecular formula is C19H21N3O5S. The highest BCUT2D eigenvalue weighted by molar-refractivity contribution is 7.89. The van der Waals surface area contributed by atoms with Gasteiger partial charge in [-0.25, -0.2) is 18.1 Å². The van der Waals surface area contributed by atoms with Crippen LogP contribution in [-0.4, -0.2) is 80.4 Å². The summed E-state index contributed by atoms with van der Waals surface area (Å²) >= 11 is 0. The van der Waals surface area contributed by atoms with Gasteiger partial charge in [-0.2, -0.15) is 4.31 Å². The molecule has 0 N–H and O–H groups in total. The van der Waals surface area contributed by atoms with Crippen LogP contribution in [0, 0.1) is 0 Å². The Morgan fingerprint density at radius 2 is 1.68 bits per heavy atom. The lowest BCUT2D eigenvalue weighted by Gasteiger charge is -2.33. The maximum atomic E-state index is 13.0. The number of rotatable bonds is 4. The van der Waals surface area contributed by atoms with Gasteiger partial charge in [0.1, 0.15) is 6.61 Å². The second-order valence-electron chi connectivity index (χ2n) is 6.85. The molecule has 2 fully saturated rings. The zero-order valence-electron chi connectivity index (χ0n) is 15.3. The molecule has 0 bridgehead atoms. The van der Waals surface area contributed by atoms with Gasteiger partial charge in [0.2, 0.25) is 15.9 Å². The number of amides is 2. The summed E-state index contributed by atoms with van der Waals surface area (Å²) in [5, 5.41) is 1.87. The largest absolute Gasteiger partial charge is 0.447 e. The number of piperazine rings is 1. The minimum absolute atomic E-state index is 0.0823. The molecule has 2 heterocycles. The van der Waals surface area contributed by atoms with E-state index in [1.165, 1.54) is 4.31 Å². The molecule has 0 radical (unpaired) electrons. The third-order valence-electron chi connectivity index (χ3n) is 5.11. The molecule has 148 valence electrons. The van der Waals surface area contributed by atoms with E-state index in [1.54, 1.807) is 12.1 Å². The van der Waals surface area contributed by atoms with Crippen LogP contribution >= 0.6 is 0 Å². The lowest BCUT2D eigenvalue weighted by Crippen LogP contribution is -2.51. The summed E-state index contributed by atoms with van der Waals surface area (Å²) in [7, 11) is -3.59. The Bertz CT molecular complexity index is 1020. The van der Waals surface area contributed by atoms with E-state index in [9.17, 15) is 18.0 Å². The summed E-state index contributed by atoms with van der Waals surface area (Å²) < 4.78 is 32.2. The standard InChI is InChI=1S/C19H21N3O5S/c23-18(22-11-12-27-19(22)24)14-20-7-9-21(10-8-20)28(25,26)17-6-5-15-3-1-2-4-16(15)13-17/h1-6,13H,7-12,14H2. The van der Waals surface area contributed by atoms with Gasteiger partial charge in [0.15, 0.2) is 0 Å². The van der Waals surface area contributed by atoms with Crippen LogP contribution in [0.2, 0.25) is 0 Å². The number of hydrogen-bond acceptors (Lipinski definition) is 6. The molecule has 0 saturated carbocycles. The predicted octanol–water partition coefficient (Wildman–Crippen LogP) is 1.12. The predicted molar refractivity (Wildman–Crippen MR) is 102 cm³/mol. The lowest BCUT2D eigenvalue weighted by molar-refractivity contribution is -0.129. The van der Waals surface area contributed by atoms with Gasteiger partial charge in [-0.15, -0.1) is 0 Å². The van der Waals surface area contributed by atoms with Gasteiger partial charge >= 0.3 is 6.09 Å². The highest BCUT2D eigenvalue weighted by atomic mass is 32.2. The Balaban J connectivity index is 1.40. The number of sulfonamides is 1. The molecule has 28 heavy (non-hydrogen) atoms. The Kier molecular flexibility index (Phi) is 5.05. The Labute approximate surface area is 163 Å². The van der Waals surface area contributed by atoms with Crippen molar-refractivity contribution in [3.05, 3.63) is 42.5 Å². The van der Waals surface area contributed by atoms with E-state index in [0.29, 0.717) is 26.2 Å². The first kappa shape index (κ1) is 18.9. The number of cyclic esters (lactones) is 1. The Morgan fingerprint density at radius 1 is 0.964 bits per heavy atom. The fourth-order valence-corrected chi connectivity index (χ4v) is 4.96. The minimum atomic E-state index is -3.59. The van der Waals surface area contributed by atoms with Gasteiger partial charge in [-0.3, -0.25) is 9.69 Å². The van der Waals surface area contributed by atoms with Crippen LogP contribution in [0.1, 0.15) is 0 Å². The summed E-state index contributed by atoms with van der Waals surface area (Å²) in [6.45, 7) is 2.04. The third-order valence-corrected chi connectivity index (χ3v) is 7.01. The topological polar surface area (TPSA) is 87.2 Å². The Morgan fingerprint density at radius 3 is 2.36 bits per heavy atom. The molecule has 0 unspecified atom stereocenters. The van der Waals surface area contributed by atoms with Crippen LogP contribution < -0.4 is 0 Å². The van der Waals surface area contributed by atoms with Gasteiger partial charge < -0.3 is 4.74 Å². The normalized spacial score (nSPS) is 19.1. The van der Waals surface area contributed by atoms with E-state index in [-0.39, 0.29) is 30.5 Å². The van der Waals surface area contributed by atoms with Crippen molar-refractivity contribution in [2.24, 2.45) is 0 Å². The molecule has 0 atom stereocenters. The van der Waals surface area contributed by atoms with Crippen LogP contribution in [0.3, 0.4) is 0 Å². The van der Waals surface area contributed by atoms with Crippen molar-refractivity contribution < 1.29 is 22.7 Å². The zero-order valence-corrected chi connectivity index (χ0v) is 16.1. The second-order valence-corrected chi connectivity index (χ2v) is 8.79. The minimum Gasteiger partial charge on any atom is -0.447 e. The van der Waals surface area contributed by atoms with Gasteiger partial charge in [-0.1, -0.05) is 30.3 Å². The first-order valence-electron chi connectivity index (χ1n) is 9.13. The van der Waals surface area contributed by atoms with Gasteiger partial charge in [0, 0.05) is 26.2 Å². The van der Waals surface area contributed by atoms with E-state index < -0.39 is 16.1 Å². The van der Waals surface area contributed by atoms with Crippen molar-refractivity contribution in [3.8, 4) is 0 Å². The summed E-state index contributed by atoms with van der Waals surface area (Å²) in [6.07, 6.45) is -0.609. The molecule has 0 aliphatic carbocycles. The van der Waals surface area contributed by atoms with Crippen LogP contribution in [0.25, 0.3) is 10.8 Å². The highest BCUT2D eigenvalue weighted by Gasteiger charge is 2.32. The van der Waals surface area contributed by atoms with Gasteiger partial charge in [0.25, 0.3) is 0 Å². The molecule has 9 heteroatoms. The molecule has 0 aromatic heterocycles. The number of ether oxygens (including phenoxy) is 1. The molecule has 2 saturated heterocycles. The first-order valence-corrected chi connectivity index (χ1v) is 10.6. The molecule has 2 amide bonds. The average molecular weight is 403 g/mol. The van der Waals surface area contributed by atoms with E-state index in [1.807, 2.05) is 35.2 Å². The number of imide groups is 1.